The first-order valence-electron chi connectivity index (χ1n) is 7.31. The zero-order valence-corrected chi connectivity index (χ0v) is 15.5. The Labute approximate surface area is 149 Å². The number of aryl methyl sites for hydroxylation is 1. The average molecular weight is 413 g/mol. The highest BCUT2D eigenvalue weighted by atomic mass is 127. The number of nitrogens with one attached hydrogen (secondary N) is 2. The molecule has 0 saturated carbocycles. The van der Waals surface area contributed by atoms with Gasteiger partial charge in [0.1, 0.15) is 0 Å². The number of rotatable bonds is 6. The van der Waals surface area contributed by atoms with Crippen LogP contribution in [-0.4, -0.2) is 28.8 Å². The van der Waals surface area contributed by atoms with E-state index in [1.54, 1.807) is 0 Å². The lowest BCUT2D eigenvalue weighted by molar-refractivity contribution is 0.765. The van der Waals surface area contributed by atoms with Crippen molar-refractivity contribution in [1.82, 2.24) is 20.4 Å². The van der Waals surface area contributed by atoms with Crippen LogP contribution >= 0.6 is 24.0 Å². The molecule has 0 radical (unpaired) electrons. The molecule has 0 spiro atoms. The standard InChI is InChI=1S/C16H23N5.HI/c1-3-17-16(19-11-14-7-5-4-6-8-14)18-10-9-15-12-20-21(2)13-15;/h4-8,12-13H,3,9-11H2,1-2H3,(H2,17,18,19);1H. The van der Waals surface area contributed by atoms with Gasteiger partial charge < -0.3 is 10.6 Å². The molecule has 0 amide bonds. The van der Waals surface area contributed by atoms with Gasteiger partial charge >= 0.3 is 0 Å². The van der Waals surface area contributed by atoms with Crippen LogP contribution in [0.3, 0.4) is 0 Å². The third-order valence-corrected chi connectivity index (χ3v) is 3.07. The molecule has 0 aliphatic rings. The van der Waals surface area contributed by atoms with Crippen LogP contribution in [0.1, 0.15) is 18.1 Å². The van der Waals surface area contributed by atoms with Gasteiger partial charge in [0.15, 0.2) is 5.96 Å². The minimum absolute atomic E-state index is 0. The lowest BCUT2D eigenvalue weighted by Crippen LogP contribution is -2.38. The molecule has 6 heteroatoms. The Morgan fingerprint density at radius 3 is 2.59 bits per heavy atom. The summed E-state index contributed by atoms with van der Waals surface area (Å²) in [6.45, 7) is 4.45. The summed E-state index contributed by atoms with van der Waals surface area (Å²) >= 11 is 0. The molecule has 1 heterocycles. The second-order valence-corrected chi connectivity index (χ2v) is 4.88. The smallest absolute Gasteiger partial charge is 0.191 e. The maximum absolute atomic E-state index is 4.59. The lowest BCUT2D eigenvalue weighted by atomic mass is 10.2. The molecule has 0 aliphatic carbocycles. The molecule has 2 rings (SSSR count). The molecule has 2 aromatic rings. The molecular formula is C16H24IN5. The minimum atomic E-state index is 0. The second kappa shape index (κ2) is 10.2. The number of aliphatic imine (C=N–C) groups is 1. The Bertz CT molecular complexity index is 565. The second-order valence-electron chi connectivity index (χ2n) is 4.88. The van der Waals surface area contributed by atoms with Gasteiger partial charge in [-0.3, -0.25) is 4.68 Å². The lowest BCUT2D eigenvalue weighted by Gasteiger charge is -2.10. The Hall–Kier alpha value is -1.57. The van der Waals surface area contributed by atoms with Crippen molar-refractivity contribution in [1.29, 1.82) is 0 Å². The fourth-order valence-electron chi connectivity index (χ4n) is 2.02. The van der Waals surface area contributed by atoms with Crippen LogP contribution in [0.15, 0.2) is 47.7 Å². The van der Waals surface area contributed by atoms with E-state index in [1.807, 2.05) is 42.3 Å². The van der Waals surface area contributed by atoms with Gasteiger partial charge in [0.25, 0.3) is 0 Å². The van der Waals surface area contributed by atoms with Crippen LogP contribution in [0.25, 0.3) is 0 Å². The summed E-state index contributed by atoms with van der Waals surface area (Å²) in [4.78, 5) is 4.59. The van der Waals surface area contributed by atoms with E-state index >= 15 is 0 Å². The van der Waals surface area contributed by atoms with Crippen LogP contribution in [0, 0.1) is 0 Å². The van der Waals surface area contributed by atoms with E-state index in [1.165, 1.54) is 11.1 Å². The number of aromatic nitrogens is 2. The van der Waals surface area contributed by atoms with Gasteiger partial charge in [-0.15, -0.1) is 24.0 Å². The summed E-state index contributed by atoms with van der Waals surface area (Å²) in [5.74, 6) is 0.852. The number of nitrogens with zero attached hydrogens (tertiary/aromatic N) is 3. The molecular weight excluding hydrogens is 389 g/mol. The quantitative estimate of drug-likeness (QED) is 0.434. The van der Waals surface area contributed by atoms with E-state index in [9.17, 15) is 0 Å². The molecule has 0 unspecified atom stereocenters. The highest BCUT2D eigenvalue weighted by Crippen LogP contribution is 2.00. The van der Waals surface area contributed by atoms with Crippen molar-refractivity contribution in [3.8, 4) is 0 Å². The maximum atomic E-state index is 4.59. The fraction of sp³-hybridized carbons (Fsp3) is 0.375. The molecule has 1 aromatic heterocycles. The van der Waals surface area contributed by atoms with Crippen LogP contribution in [-0.2, 0) is 20.0 Å². The van der Waals surface area contributed by atoms with Crippen molar-refractivity contribution in [2.24, 2.45) is 12.0 Å². The molecule has 22 heavy (non-hydrogen) atoms. The van der Waals surface area contributed by atoms with E-state index in [4.69, 9.17) is 0 Å². The topological polar surface area (TPSA) is 54.2 Å². The van der Waals surface area contributed by atoms with Gasteiger partial charge in [-0.1, -0.05) is 30.3 Å². The average Bonchev–Trinajstić information content (AvgIpc) is 2.91. The fourth-order valence-corrected chi connectivity index (χ4v) is 2.02. The van der Waals surface area contributed by atoms with E-state index < -0.39 is 0 Å². The summed E-state index contributed by atoms with van der Waals surface area (Å²) in [5, 5.41) is 10.8. The summed E-state index contributed by atoms with van der Waals surface area (Å²) in [7, 11) is 1.93. The Balaban J connectivity index is 0.00000242. The summed E-state index contributed by atoms with van der Waals surface area (Å²) < 4.78 is 1.82. The Kier molecular flexibility index (Phi) is 8.57. The van der Waals surface area contributed by atoms with Gasteiger partial charge in [-0.25, -0.2) is 4.99 Å². The highest BCUT2D eigenvalue weighted by molar-refractivity contribution is 14.0. The number of halogens is 1. The first-order chi connectivity index (χ1) is 10.3. The highest BCUT2D eigenvalue weighted by Gasteiger charge is 1.99. The summed E-state index contributed by atoms with van der Waals surface area (Å²) in [5.41, 5.74) is 2.44. The third kappa shape index (κ3) is 6.46. The van der Waals surface area contributed by atoms with E-state index in [0.29, 0.717) is 6.54 Å². The van der Waals surface area contributed by atoms with Crippen molar-refractivity contribution in [2.45, 2.75) is 19.9 Å². The maximum Gasteiger partial charge on any atom is 0.191 e. The molecule has 0 atom stereocenters. The van der Waals surface area contributed by atoms with Gasteiger partial charge in [-0.05, 0) is 24.5 Å². The zero-order chi connectivity index (χ0) is 14.9. The van der Waals surface area contributed by atoms with Crippen LogP contribution < -0.4 is 10.6 Å². The molecule has 120 valence electrons. The van der Waals surface area contributed by atoms with Crippen molar-refractivity contribution in [3.63, 3.8) is 0 Å². The monoisotopic (exact) mass is 413 g/mol. The zero-order valence-electron chi connectivity index (χ0n) is 13.1. The SMILES string of the molecule is CCNC(=NCc1ccccc1)NCCc1cnn(C)c1.I. The Morgan fingerprint density at radius 2 is 1.95 bits per heavy atom. The molecule has 5 nitrogen and oxygen atoms in total. The number of hydrogen-bond donors (Lipinski definition) is 2. The first-order valence-corrected chi connectivity index (χ1v) is 7.31. The van der Waals surface area contributed by atoms with Crippen molar-refractivity contribution in [3.05, 3.63) is 53.9 Å². The van der Waals surface area contributed by atoms with Crippen molar-refractivity contribution >= 4 is 29.9 Å². The minimum Gasteiger partial charge on any atom is -0.357 e. The predicted molar refractivity (Wildman–Crippen MR) is 102 cm³/mol. The Morgan fingerprint density at radius 1 is 1.18 bits per heavy atom. The molecule has 0 saturated heterocycles. The summed E-state index contributed by atoms with van der Waals surface area (Å²) in [6.07, 6.45) is 4.87. The van der Waals surface area contributed by atoms with Crippen LogP contribution in [0.5, 0.6) is 0 Å². The molecule has 1 aromatic carbocycles. The molecule has 0 bridgehead atoms. The van der Waals surface area contributed by atoms with E-state index in [0.717, 1.165) is 25.5 Å². The number of benzene rings is 1. The van der Waals surface area contributed by atoms with Crippen LogP contribution in [0.4, 0.5) is 0 Å². The van der Waals surface area contributed by atoms with Crippen LogP contribution in [0.2, 0.25) is 0 Å². The van der Waals surface area contributed by atoms with Gasteiger partial charge in [-0.2, -0.15) is 5.10 Å². The molecule has 0 fully saturated rings. The molecule has 2 N–H and O–H groups in total. The third-order valence-electron chi connectivity index (χ3n) is 3.07. The van der Waals surface area contributed by atoms with Gasteiger partial charge in [0, 0.05) is 26.3 Å². The number of hydrogen-bond acceptors (Lipinski definition) is 2. The summed E-state index contributed by atoms with van der Waals surface area (Å²) in [6, 6.07) is 10.3. The van der Waals surface area contributed by atoms with E-state index in [-0.39, 0.29) is 24.0 Å². The van der Waals surface area contributed by atoms with Gasteiger partial charge in [0.2, 0.25) is 0 Å². The van der Waals surface area contributed by atoms with Crippen molar-refractivity contribution in [2.75, 3.05) is 13.1 Å². The largest absolute Gasteiger partial charge is 0.357 e. The van der Waals surface area contributed by atoms with Crippen molar-refractivity contribution < 1.29 is 0 Å². The number of guanidine groups is 1. The molecule has 0 aliphatic heterocycles. The normalized spacial score (nSPS) is 10.9. The van der Waals surface area contributed by atoms with E-state index in [2.05, 4.69) is 39.8 Å². The first kappa shape index (κ1) is 18.5. The van der Waals surface area contributed by atoms with Gasteiger partial charge in [0.05, 0.1) is 12.7 Å². The predicted octanol–water partition coefficient (Wildman–Crippen LogP) is 2.34.